The first-order valence-corrected chi connectivity index (χ1v) is 8.28. The number of halogens is 2. The third kappa shape index (κ3) is 8.02. The summed E-state index contributed by atoms with van der Waals surface area (Å²) in [5.74, 6) is 0.441. The Kier molecular flexibility index (Phi) is 10.7. The molecule has 25 heavy (non-hydrogen) atoms. The van der Waals surface area contributed by atoms with Crippen LogP contribution in [0.15, 0.2) is 23.2 Å². The van der Waals surface area contributed by atoms with Gasteiger partial charge in [0.15, 0.2) is 5.96 Å². The summed E-state index contributed by atoms with van der Waals surface area (Å²) in [7, 11) is 1.69. The van der Waals surface area contributed by atoms with E-state index in [0.717, 1.165) is 17.5 Å². The number of nitrogens with zero attached hydrogens (tertiary/aromatic N) is 1. The third-order valence-corrected chi connectivity index (χ3v) is 3.86. The molecule has 0 aliphatic carbocycles. The average Bonchev–Trinajstić information content (AvgIpc) is 2.52. The van der Waals surface area contributed by atoms with Gasteiger partial charge in [-0.2, -0.15) is 0 Å². The maximum Gasteiger partial charge on any atom is 0.227 e. The zero-order valence-corrected chi connectivity index (χ0v) is 18.0. The fraction of sp³-hybridized carbons (Fsp3) is 0.556. The van der Waals surface area contributed by atoms with Gasteiger partial charge in [-0.25, -0.2) is 4.39 Å². The second kappa shape index (κ2) is 11.3. The molecule has 0 aliphatic rings. The largest absolute Gasteiger partial charge is 0.356 e. The maximum atomic E-state index is 13.1. The van der Waals surface area contributed by atoms with E-state index in [1.807, 2.05) is 27.7 Å². The fourth-order valence-electron chi connectivity index (χ4n) is 2.26. The number of aryl methyl sites for hydroxylation is 1. The molecule has 142 valence electrons. The van der Waals surface area contributed by atoms with Crippen molar-refractivity contribution in [1.82, 2.24) is 16.0 Å². The van der Waals surface area contributed by atoms with Crippen molar-refractivity contribution in [1.29, 1.82) is 0 Å². The molecule has 0 saturated heterocycles. The number of nitrogens with one attached hydrogen (secondary N) is 3. The van der Waals surface area contributed by atoms with Gasteiger partial charge in [0.1, 0.15) is 5.82 Å². The van der Waals surface area contributed by atoms with Gasteiger partial charge in [0, 0.05) is 26.7 Å². The minimum atomic E-state index is -0.527. The van der Waals surface area contributed by atoms with Gasteiger partial charge in [0.25, 0.3) is 0 Å². The van der Waals surface area contributed by atoms with Crippen molar-refractivity contribution in [3.63, 3.8) is 0 Å². The lowest BCUT2D eigenvalue weighted by molar-refractivity contribution is -0.128. The van der Waals surface area contributed by atoms with Gasteiger partial charge in [-0.3, -0.25) is 9.79 Å². The van der Waals surface area contributed by atoms with Crippen molar-refractivity contribution in [2.75, 3.05) is 26.7 Å². The molecule has 3 N–H and O–H groups in total. The molecule has 0 unspecified atom stereocenters. The molecule has 7 heteroatoms. The Morgan fingerprint density at radius 3 is 2.48 bits per heavy atom. The van der Waals surface area contributed by atoms with Gasteiger partial charge in [-0.05, 0) is 57.4 Å². The smallest absolute Gasteiger partial charge is 0.227 e. The second-order valence-electron chi connectivity index (χ2n) is 6.42. The van der Waals surface area contributed by atoms with E-state index in [0.29, 0.717) is 25.6 Å². The number of rotatable bonds is 7. The summed E-state index contributed by atoms with van der Waals surface area (Å²) in [6, 6.07) is 4.82. The van der Waals surface area contributed by atoms with Crippen LogP contribution in [0.25, 0.3) is 0 Å². The summed E-state index contributed by atoms with van der Waals surface area (Å²) in [6.07, 6.45) is 0.770. The zero-order chi connectivity index (χ0) is 18.2. The Morgan fingerprint density at radius 2 is 1.92 bits per heavy atom. The molecule has 0 saturated carbocycles. The molecule has 0 bridgehead atoms. The molecule has 0 radical (unpaired) electrons. The molecule has 1 aromatic rings. The summed E-state index contributed by atoms with van der Waals surface area (Å²) >= 11 is 0. The van der Waals surface area contributed by atoms with Crippen LogP contribution in [0.3, 0.4) is 0 Å². The van der Waals surface area contributed by atoms with E-state index < -0.39 is 5.41 Å². The summed E-state index contributed by atoms with van der Waals surface area (Å²) < 4.78 is 13.1. The van der Waals surface area contributed by atoms with Crippen molar-refractivity contribution in [2.24, 2.45) is 10.4 Å². The monoisotopic (exact) mass is 464 g/mol. The molecular formula is C18H30FIN4O. The summed E-state index contributed by atoms with van der Waals surface area (Å²) in [5, 5.41) is 9.23. The van der Waals surface area contributed by atoms with Crippen LogP contribution in [0, 0.1) is 18.2 Å². The van der Waals surface area contributed by atoms with Crippen LogP contribution >= 0.6 is 24.0 Å². The highest BCUT2D eigenvalue weighted by atomic mass is 127. The molecule has 1 rings (SSSR count). The minimum Gasteiger partial charge on any atom is -0.356 e. The average molecular weight is 464 g/mol. The predicted molar refractivity (Wildman–Crippen MR) is 112 cm³/mol. The first kappa shape index (κ1) is 23.6. The van der Waals surface area contributed by atoms with E-state index in [4.69, 9.17) is 0 Å². The summed E-state index contributed by atoms with van der Waals surface area (Å²) in [5.41, 5.74) is 1.51. The molecule has 1 amide bonds. The fourth-order valence-corrected chi connectivity index (χ4v) is 2.26. The quantitative estimate of drug-likeness (QED) is 0.330. The number of carbonyl (C=O) groups is 1. The zero-order valence-electron chi connectivity index (χ0n) is 15.7. The molecule has 0 heterocycles. The van der Waals surface area contributed by atoms with Gasteiger partial charge in [0.05, 0.1) is 5.41 Å². The van der Waals surface area contributed by atoms with Gasteiger partial charge < -0.3 is 16.0 Å². The molecule has 1 aromatic carbocycles. The second-order valence-corrected chi connectivity index (χ2v) is 6.42. The van der Waals surface area contributed by atoms with E-state index in [1.54, 1.807) is 13.1 Å². The van der Waals surface area contributed by atoms with E-state index in [9.17, 15) is 9.18 Å². The number of benzene rings is 1. The normalized spacial score (nSPS) is 11.5. The Morgan fingerprint density at radius 1 is 1.24 bits per heavy atom. The molecule has 0 aromatic heterocycles. The Balaban J connectivity index is 0.00000576. The van der Waals surface area contributed by atoms with Crippen LogP contribution in [-0.2, 0) is 11.2 Å². The van der Waals surface area contributed by atoms with E-state index >= 15 is 0 Å². The van der Waals surface area contributed by atoms with Crippen molar-refractivity contribution < 1.29 is 9.18 Å². The molecule has 5 nitrogen and oxygen atoms in total. The molecule has 0 spiro atoms. The lowest BCUT2D eigenvalue weighted by Crippen LogP contribution is -2.48. The standard InChI is InChI=1S/C18H29FN4O.HI/c1-6-21-16(24)18(3,4)12-23-17(20-5)22-10-9-14-7-8-15(19)11-13(14)2;/h7-8,11H,6,9-10,12H2,1-5H3,(H,21,24)(H2,20,22,23);1H. The van der Waals surface area contributed by atoms with Crippen molar-refractivity contribution in [3.05, 3.63) is 35.1 Å². The lowest BCUT2D eigenvalue weighted by Gasteiger charge is -2.24. The lowest BCUT2D eigenvalue weighted by atomic mass is 9.92. The van der Waals surface area contributed by atoms with Gasteiger partial charge in [0.2, 0.25) is 5.91 Å². The van der Waals surface area contributed by atoms with Crippen LogP contribution in [0.1, 0.15) is 31.9 Å². The highest BCUT2D eigenvalue weighted by Gasteiger charge is 2.27. The third-order valence-electron chi connectivity index (χ3n) is 3.86. The number of hydrogen-bond acceptors (Lipinski definition) is 2. The van der Waals surface area contributed by atoms with Crippen molar-refractivity contribution >= 4 is 35.8 Å². The van der Waals surface area contributed by atoms with Gasteiger partial charge >= 0.3 is 0 Å². The molecule has 0 atom stereocenters. The van der Waals surface area contributed by atoms with E-state index in [1.165, 1.54) is 12.1 Å². The SMILES string of the molecule is CCNC(=O)C(C)(C)CNC(=NC)NCCc1ccc(F)cc1C.I. The van der Waals surface area contributed by atoms with Crippen molar-refractivity contribution in [2.45, 2.75) is 34.1 Å². The first-order chi connectivity index (χ1) is 11.3. The van der Waals surface area contributed by atoms with E-state index in [2.05, 4.69) is 20.9 Å². The van der Waals surface area contributed by atoms with Gasteiger partial charge in [-0.1, -0.05) is 6.07 Å². The van der Waals surface area contributed by atoms with E-state index in [-0.39, 0.29) is 35.7 Å². The van der Waals surface area contributed by atoms with Crippen LogP contribution in [-0.4, -0.2) is 38.5 Å². The summed E-state index contributed by atoms with van der Waals surface area (Å²) in [4.78, 5) is 16.2. The Hall–Kier alpha value is -1.38. The topological polar surface area (TPSA) is 65.5 Å². The van der Waals surface area contributed by atoms with Gasteiger partial charge in [-0.15, -0.1) is 24.0 Å². The number of carbonyl (C=O) groups excluding carboxylic acids is 1. The highest BCUT2D eigenvalue weighted by molar-refractivity contribution is 14.0. The predicted octanol–water partition coefficient (Wildman–Crippen LogP) is 2.62. The Bertz CT molecular complexity index is 590. The summed E-state index contributed by atoms with van der Waals surface area (Å²) in [6.45, 7) is 9.36. The minimum absolute atomic E-state index is 0. The highest BCUT2D eigenvalue weighted by Crippen LogP contribution is 2.13. The molecule has 0 aliphatic heterocycles. The number of hydrogen-bond donors (Lipinski definition) is 3. The molecular weight excluding hydrogens is 434 g/mol. The first-order valence-electron chi connectivity index (χ1n) is 8.28. The molecule has 0 fully saturated rings. The number of amides is 1. The Labute approximate surface area is 167 Å². The van der Waals surface area contributed by atoms with Crippen LogP contribution in [0.2, 0.25) is 0 Å². The maximum absolute atomic E-state index is 13.1. The van der Waals surface area contributed by atoms with Crippen LogP contribution in [0.5, 0.6) is 0 Å². The number of aliphatic imine (C=N–C) groups is 1. The van der Waals surface area contributed by atoms with Crippen molar-refractivity contribution in [3.8, 4) is 0 Å². The number of guanidine groups is 1. The van der Waals surface area contributed by atoms with Crippen LogP contribution < -0.4 is 16.0 Å². The van der Waals surface area contributed by atoms with Crippen LogP contribution in [0.4, 0.5) is 4.39 Å².